The SMILES string of the molecule is O=C(Nc1ccnn1C1CCN(Cc2ccn[nH]2)CC1)c1ccc2c(c1)OCO2. The summed E-state index contributed by atoms with van der Waals surface area (Å²) in [4.78, 5) is 15.1. The van der Waals surface area contributed by atoms with Crippen molar-refractivity contribution in [1.82, 2.24) is 24.9 Å². The third kappa shape index (κ3) is 3.68. The van der Waals surface area contributed by atoms with Gasteiger partial charge in [-0.05, 0) is 37.1 Å². The molecule has 1 saturated heterocycles. The van der Waals surface area contributed by atoms with Gasteiger partial charge in [-0.15, -0.1) is 0 Å². The molecule has 5 rings (SSSR count). The third-order valence-corrected chi connectivity index (χ3v) is 5.40. The highest BCUT2D eigenvalue weighted by atomic mass is 16.7. The summed E-state index contributed by atoms with van der Waals surface area (Å²) < 4.78 is 12.6. The Labute approximate surface area is 167 Å². The first-order chi connectivity index (χ1) is 14.3. The molecule has 1 amide bonds. The van der Waals surface area contributed by atoms with Gasteiger partial charge in [-0.2, -0.15) is 10.2 Å². The molecule has 0 aliphatic carbocycles. The molecule has 2 aliphatic heterocycles. The van der Waals surface area contributed by atoms with Crippen molar-refractivity contribution in [3.8, 4) is 11.5 Å². The van der Waals surface area contributed by atoms with E-state index >= 15 is 0 Å². The summed E-state index contributed by atoms with van der Waals surface area (Å²) in [5, 5.41) is 14.5. The van der Waals surface area contributed by atoms with Gasteiger partial charge in [0.25, 0.3) is 5.91 Å². The molecular weight excluding hydrogens is 372 g/mol. The van der Waals surface area contributed by atoms with Gasteiger partial charge in [-0.1, -0.05) is 0 Å². The molecular formula is C20H22N6O3. The Kier molecular flexibility index (Phi) is 4.65. The molecule has 0 spiro atoms. The number of benzene rings is 1. The van der Waals surface area contributed by atoms with Crippen LogP contribution in [0.25, 0.3) is 0 Å². The molecule has 1 fully saturated rings. The van der Waals surface area contributed by atoms with Crippen LogP contribution in [0, 0.1) is 0 Å². The summed E-state index contributed by atoms with van der Waals surface area (Å²) in [6.45, 7) is 3.00. The number of ether oxygens (including phenoxy) is 2. The van der Waals surface area contributed by atoms with Crippen LogP contribution in [0.3, 0.4) is 0 Å². The highest BCUT2D eigenvalue weighted by Gasteiger charge is 2.24. The predicted octanol–water partition coefficient (Wildman–Crippen LogP) is 2.42. The quantitative estimate of drug-likeness (QED) is 0.690. The molecule has 150 valence electrons. The van der Waals surface area contributed by atoms with Crippen LogP contribution in [0.4, 0.5) is 5.82 Å². The number of aromatic amines is 1. The van der Waals surface area contributed by atoms with Crippen LogP contribution in [0.15, 0.2) is 42.7 Å². The first-order valence-corrected chi connectivity index (χ1v) is 9.71. The van der Waals surface area contributed by atoms with Gasteiger partial charge in [0.15, 0.2) is 11.5 Å². The number of carbonyl (C=O) groups is 1. The Morgan fingerprint density at radius 1 is 1.14 bits per heavy atom. The Morgan fingerprint density at radius 3 is 2.83 bits per heavy atom. The molecule has 9 heteroatoms. The van der Waals surface area contributed by atoms with Crippen LogP contribution in [-0.2, 0) is 6.54 Å². The van der Waals surface area contributed by atoms with Gasteiger partial charge in [-0.25, -0.2) is 4.68 Å². The molecule has 0 atom stereocenters. The maximum atomic E-state index is 12.7. The number of fused-ring (bicyclic) bond motifs is 1. The second kappa shape index (κ2) is 7.59. The van der Waals surface area contributed by atoms with Crippen molar-refractivity contribution in [2.24, 2.45) is 0 Å². The van der Waals surface area contributed by atoms with E-state index in [1.165, 1.54) is 0 Å². The lowest BCUT2D eigenvalue weighted by molar-refractivity contribution is 0.102. The van der Waals surface area contributed by atoms with Crippen molar-refractivity contribution in [1.29, 1.82) is 0 Å². The topological polar surface area (TPSA) is 97.3 Å². The van der Waals surface area contributed by atoms with E-state index in [1.807, 2.05) is 16.8 Å². The van der Waals surface area contributed by atoms with Gasteiger partial charge in [0.1, 0.15) is 5.82 Å². The van der Waals surface area contributed by atoms with Crippen LogP contribution >= 0.6 is 0 Å². The maximum Gasteiger partial charge on any atom is 0.256 e. The molecule has 0 bridgehead atoms. The van der Waals surface area contributed by atoms with Crippen LogP contribution in [0.5, 0.6) is 11.5 Å². The summed E-state index contributed by atoms with van der Waals surface area (Å²) in [6.07, 6.45) is 5.46. The van der Waals surface area contributed by atoms with Gasteiger partial charge in [0, 0.05) is 43.2 Å². The van der Waals surface area contributed by atoms with E-state index in [1.54, 1.807) is 30.6 Å². The van der Waals surface area contributed by atoms with Crippen molar-refractivity contribution in [2.45, 2.75) is 25.4 Å². The van der Waals surface area contributed by atoms with Gasteiger partial charge >= 0.3 is 0 Å². The normalized spacial score (nSPS) is 16.8. The van der Waals surface area contributed by atoms with Crippen molar-refractivity contribution in [2.75, 3.05) is 25.2 Å². The summed E-state index contributed by atoms with van der Waals surface area (Å²) >= 11 is 0. The zero-order valence-corrected chi connectivity index (χ0v) is 15.9. The Balaban J connectivity index is 1.22. The second-order valence-corrected chi connectivity index (χ2v) is 7.27. The minimum Gasteiger partial charge on any atom is -0.454 e. The molecule has 29 heavy (non-hydrogen) atoms. The number of anilines is 1. The molecule has 2 aromatic heterocycles. The smallest absolute Gasteiger partial charge is 0.256 e. The summed E-state index contributed by atoms with van der Waals surface area (Å²) in [6, 6.07) is 9.29. The van der Waals surface area contributed by atoms with Crippen LogP contribution in [0.2, 0.25) is 0 Å². The third-order valence-electron chi connectivity index (χ3n) is 5.40. The van der Waals surface area contributed by atoms with Crippen molar-refractivity contribution >= 4 is 11.7 Å². The lowest BCUT2D eigenvalue weighted by Crippen LogP contribution is -2.35. The zero-order chi connectivity index (χ0) is 19.6. The number of hydrogen-bond acceptors (Lipinski definition) is 6. The van der Waals surface area contributed by atoms with Gasteiger partial charge < -0.3 is 14.8 Å². The molecule has 0 radical (unpaired) electrons. The summed E-state index contributed by atoms with van der Waals surface area (Å²) in [7, 11) is 0. The number of hydrogen-bond donors (Lipinski definition) is 2. The van der Waals surface area contributed by atoms with E-state index in [4.69, 9.17) is 9.47 Å². The largest absolute Gasteiger partial charge is 0.454 e. The number of nitrogens with zero attached hydrogens (tertiary/aromatic N) is 4. The summed E-state index contributed by atoms with van der Waals surface area (Å²) in [5.41, 5.74) is 1.65. The molecule has 2 aliphatic rings. The minimum atomic E-state index is -0.193. The molecule has 3 aromatic rings. The number of rotatable bonds is 5. The van der Waals surface area contributed by atoms with Gasteiger partial charge in [0.2, 0.25) is 6.79 Å². The average Bonchev–Trinajstić information content (AvgIpc) is 3.50. The number of aromatic nitrogens is 4. The highest BCUT2D eigenvalue weighted by molar-refractivity contribution is 6.04. The number of amides is 1. The molecule has 0 unspecified atom stereocenters. The van der Waals surface area contributed by atoms with E-state index < -0.39 is 0 Å². The van der Waals surface area contributed by atoms with Crippen molar-refractivity contribution in [3.63, 3.8) is 0 Å². The lowest BCUT2D eigenvalue weighted by Gasteiger charge is -2.32. The van der Waals surface area contributed by atoms with E-state index in [-0.39, 0.29) is 18.7 Å². The standard InChI is InChI=1S/C20H22N6O3/c27-20(14-1-2-17-18(11-14)29-13-28-17)23-19-4-8-22-26(19)16-5-9-25(10-6-16)12-15-3-7-21-24-15/h1-4,7-8,11,16H,5-6,9-10,12-13H2,(H,21,24)(H,23,27). The second-order valence-electron chi connectivity index (χ2n) is 7.27. The van der Waals surface area contributed by atoms with Crippen LogP contribution < -0.4 is 14.8 Å². The van der Waals surface area contributed by atoms with Crippen LogP contribution in [-0.4, -0.2) is 50.7 Å². The maximum absolute atomic E-state index is 12.7. The number of likely N-dealkylation sites (tertiary alicyclic amines) is 1. The molecule has 2 N–H and O–H groups in total. The first kappa shape index (κ1) is 17.7. The van der Waals surface area contributed by atoms with E-state index in [0.29, 0.717) is 22.9 Å². The summed E-state index contributed by atoms with van der Waals surface area (Å²) in [5.74, 6) is 1.77. The first-order valence-electron chi connectivity index (χ1n) is 9.71. The number of H-pyrrole nitrogens is 1. The monoisotopic (exact) mass is 394 g/mol. The Hall–Kier alpha value is -3.33. The molecule has 1 aromatic carbocycles. The van der Waals surface area contributed by atoms with Gasteiger partial charge in [0.05, 0.1) is 12.2 Å². The fourth-order valence-corrected chi connectivity index (χ4v) is 3.87. The molecule has 9 nitrogen and oxygen atoms in total. The molecule has 0 saturated carbocycles. The van der Waals surface area contributed by atoms with Gasteiger partial charge in [-0.3, -0.25) is 14.8 Å². The van der Waals surface area contributed by atoms with E-state index in [2.05, 4.69) is 25.5 Å². The Bertz CT molecular complexity index is 992. The number of nitrogens with one attached hydrogen (secondary N) is 2. The molecule has 4 heterocycles. The highest BCUT2D eigenvalue weighted by Crippen LogP contribution is 2.33. The zero-order valence-electron chi connectivity index (χ0n) is 15.9. The minimum absolute atomic E-state index is 0.187. The lowest BCUT2D eigenvalue weighted by atomic mass is 10.1. The fraction of sp³-hybridized carbons (Fsp3) is 0.350. The number of piperidine rings is 1. The van der Waals surface area contributed by atoms with E-state index in [9.17, 15) is 4.79 Å². The van der Waals surface area contributed by atoms with Crippen molar-refractivity contribution in [3.05, 3.63) is 54.0 Å². The van der Waals surface area contributed by atoms with E-state index in [0.717, 1.165) is 38.2 Å². The number of carbonyl (C=O) groups excluding carboxylic acids is 1. The Morgan fingerprint density at radius 2 is 2.00 bits per heavy atom. The fourth-order valence-electron chi connectivity index (χ4n) is 3.87. The van der Waals surface area contributed by atoms with Crippen molar-refractivity contribution < 1.29 is 14.3 Å². The van der Waals surface area contributed by atoms with Crippen LogP contribution in [0.1, 0.15) is 34.9 Å². The predicted molar refractivity (Wildman–Crippen MR) is 105 cm³/mol. The average molecular weight is 394 g/mol.